The van der Waals surface area contributed by atoms with Crippen molar-refractivity contribution in [2.75, 3.05) is 6.61 Å². The van der Waals surface area contributed by atoms with Crippen LogP contribution in [0.2, 0.25) is 0 Å². The first-order valence-corrected chi connectivity index (χ1v) is 10.5. The van der Waals surface area contributed by atoms with Crippen molar-refractivity contribution in [2.24, 2.45) is 5.10 Å². The summed E-state index contributed by atoms with van der Waals surface area (Å²) >= 11 is 3.42. The Balaban J connectivity index is 1.52. The minimum Gasteiger partial charge on any atom is -0.494 e. The maximum atomic E-state index is 12.2. The van der Waals surface area contributed by atoms with Gasteiger partial charge in [-0.15, -0.1) is 0 Å². The minimum absolute atomic E-state index is 0.282. The van der Waals surface area contributed by atoms with E-state index in [1.807, 2.05) is 55.5 Å². The maximum Gasteiger partial charge on any atom is 0.271 e. The Morgan fingerprint density at radius 2 is 1.77 bits per heavy atom. The second-order valence-corrected chi connectivity index (χ2v) is 7.48. The van der Waals surface area contributed by atoms with E-state index in [0.717, 1.165) is 33.5 Å². The van der Waals surface area contributed by atoms with Gasteiger partial charge in [0.15, 0.2) is 0 Å². The molecule has 0 radical (unpaired) electrons. The highest BCUT2D eigenvalue weighted by Crippen LogP contribution is 2.16. The topological polar surface area (TPSA) is 59.9 Å². The third-order valence-electron chi connectivity index (χ3n) is 4.15. The van der Waals surface area contributed by atoms with E-state index in [1.54, 1.807) is 30.5 Å². The second-order valence-electron chi connectivity index (χ2n) is 6.56. The average molecular weight is 467 g/mol. The molecule has 3 aromatic rings. The van der Waals surface area contributed by atoms with Crippen LogP contribution in [0, 0.1) is 0 Å². The first kappa shape index (κ1) is 21.6. The molecule has 0 aliphatic rings. The quantitative estimate of drug-likeness (QED) is 0.330. The van der Waals surface area contributed by atoms with Crippen LogP contribution in [0.5, 0.6) is 11.5 Å². The van der Waals surface area contributed by atoms with Crippen molar-refractivity contribution in [1.29, 1.82) is 0 Å². The molecule has 0 spiro atoms. The summed E-state index contributed by atoms with van der Waals surface area (Å²) in [5.74, 6) is 1.20. The molecular weight excluding hydrogens is 444 g/mol. The van der Waals surface area contributed by atoms with E-state index in [2.05, 4.69) is 26.5 Å². The normalized spacial score (nSPS) is 10.7. The maximum absolute atomic E-state index is 12.2. The molecule has 0 aliphatic heterocycles. The number of hydrogen-bond donors (Lipinski definition) is 1. The van der Waals surface area contributed by atoms with Gasteiger partial charge in [0.1, 0.15) is 18.1 Å². The molecule has 0 aliphatic carbocycles. The smallest absolute Gasteiger partial charge is 0.271 e. The fourth-order valence-electron chi connectivity index (χ4n) is 2.58. The van der Waals surface area contributed by atoms with Crippen molar-refractivity contribution < 1.29 is 14.3 Å². The SMILES string of the molecule is CCCOc1ccc(C(=O)N/N=C\c2cccc(OCc3ccc(Br)cc3)c2)cc1. The zero-order valence-electron chi connectivity index (χ0n) is 16.7. The number of hydrogen-bond acceptors (Lipinski definition) is 4. The molecule has 0 heterocycles. The number of carbonyl (C=O) groups is 1. The number of nitrogens with one attached hydrogen (secondary N) is 1. The van der Waals surface area contributed by atoms with Gasteiger partial charge in [0.25, 0.3) is 5.91 Å². The zero-order chi connectivity index (χ0) is 21.2. The number of nitrogens with zero attached hydrogens (tertiary/aromatic N) is 1. The summed E-state index contributed by atoms with van der Waals surface area (Å²) < 4.78 is 12.4. The lowest BCUT2D eigenvalue weighted by atomic mass is 10.2. The van der Waals surface area contributed by atoms with E-state index >= 15 is 0 Å². The number of carbonyl (C=O) groups excluding carboxylic acids is 1. The van der Waals surface area contributed by atoms with E-state index in [9.17, 15) is 4.79 Å². The molecule has 5 nitrogen and oxygen atoms in total. The predicted molar refractivity (Wildman–Crippen MR) is 122 cm³/mol. The lowest BCUT2D eigenvalue weighted by molar-refractivity contribution is 0.0955. The number of amides is 1. The van der Waals surface area contributed by atoms with Crippen molar-refractivity contribution in [1.82, 2.24) is 5.43 Å². The van der Waals surface area contributed by atoms with Gasteiger partial charge in [-0.25, -0.2) is 5.43 Å². The van der Waals surface area contributed by atoms with E-state index in [-0.39, 0.29) is 5.91 Å². The van der Waals surface area contributed by atoms with Crippen molar-refractivity contribution >= 4 is 28.1 Å². The Morgan fingerprint density at radius 3 is 2.50 bits per heavy atom. The molecule has 1 N–H and O–H groups in total. The highest BCUT2D eigenvalue weighted by molar-refractivity contribution is 9.10. The molecule has 1 amide bonds. The van der Waals surface area contributed by atoms with E-state index in [0.29, 0.717) is 18.8 Å². The summed E-state index contributed by atoms with van der Waals surface area (Å²) in [6, 6.07) is 22.5. The third kappa shape index (κ3) is 6.74. The number of hydrazone groups is 1. The van der Waals surface area contributed by atoms with Crippen LogP contribution in [-0.4, -0.2) is 18.7 Å². The zero-order valence-corrected chi connectivity index (χ0v) is 18.3. The van der Waals surface area contributed by atoms with Crippen LogP contribution in [-0.2, 0) is 6.61 Å². The van der Waals surface area contributed by atoms with Crippen molar-refractivity contribution in [3.8, 4) is 11.5 Å². The van der Waals surface area contributed by atoms with Gasteiger partial charge < -0.3 is 9.47 Å². The van der Waals surface area contributed by atoms with Crippen LogP contribution in [0.1, 0.15) is 34.8 Å². The molecule has 0 bridgehead atoms. The van der Waals surface area contributed by atoms with Crippen molar-refractivity contribution in [3.05, 3.63) is 94.0 Å². The molecule has 30 heavy (non-hydrogen) atoms. The Hall–Kier alpha value is -3.12. The van der Waals surface area contributed by atoms with E-state index in [1.165, 1.54) is 0 Å². The lowest BCUT2D eigenvalue weighted by Crippen LogP contribution is -2.17. The number of halogens is 1. The summed E-state index contributed by atoms with van der Waals surface area (Å²) in [6.07, 6.45) is 2.52. The van der Waals surface area contributed by atoms with Crippen LogP contribution in [0.3, 0.4) is 0 Å². The van der Waals surface area contributed by atoms with Gasteiger partial charge in [-0.3, -0.25) is 4.79 Å². The van der Waals surface area contributed by atoms with Gasteiger partial charge in [-0.05, 0) is 66.1 Å². The molecular formula is C24H23BrN2O3. The molecule has 0 fully saturated rings. The third-order valence-corrected chi connectivity index (χ3v) is 4.67. The molecule has 0 atom stereocenters. The molecule has 3 rings (SSSR count). The monoisotopic (exact) mass is 466 g/mol. The summed E-state index contributed by atoms with van der Waals surface area (Å²) in [6.45, 7) is 3.18. The Morgan fingerprint density at radius 1 is 1.00 bits per heavy atom. The first-order chi connectivity index (χ1) is 14.6. The van der Waals surface area contributed by atoms with Gasteiger partial charge in [0, 0.05) is 10.0 Å². The molecule has 0 saturated heterocycles. The van der Waals surface area contributed by atoms with E-state index < -0.39 is 0 Å². The lowest BCUT2D eigenvalue weighted by Gasteiger charge is -2.07. The summed E-state index contributed by atoms with van der Waals surface area (Å²) in [5.41, 5.74) is 4.96. The average Bonchev–Trinajstić information content (AvgIpc) is 2.78. The fraction of sp³-hybridized carbons (Fsp3) is 0.167. The Kier molecular flexibility index (Phi) is 8.03. The number of rotatable bonds is 9. The van der Waals surface area contributed by atoms with Gasteiger partial charge in [0.2, 0.25) is 0 Å². The van der Waals surface area contributed by atoms with E-state index in [4.69, 9.17) is 9.47 Å². The van der Waals surface area contributed by atoms with Crippen molar-refractivity contribution in [2.45, 2.75) is 20.0 Å². The molecule has 0 unspecified atom stereocenters. The molecule has 154 valence electrons. The molecule has 0 aromatic heterocycles. The molecule has 6 heteroatoms. The molecule has 3 aromatic carbocycles. The Labute approximate surface area is 184 Å². The van der Waals surface area contributed by atoms with Gasteiger partial charge >= 0.3 is 0 Å². The van der Waals surface area contributed by atoms with Crippen LogP contribution in [0.4, 0.5) is 0 Å². The predicted octanol–water partition coefficient (Wildman–Crippen LogP) is 5.58. The molecule has 0 saturated carbocycles. The number of benzene rings is 3. The summed E-state index contributed by atoms with van der Waals surface area (Å²) in [7, 11) is 0. The van der Waals surface area contributed by atoms with Gasteiger partial charge in [0.05, 0.1) is 12.8 Å². The minimum atomic E-state index is -0.282. The largest absolute Gasteiger partial charge is 0.494 e. The second kappa shape index (κ2) is 11.2. The van der Waals surface area contributed by atoms with Crippen LogP contribution < -0.4 is 14.9 Å². The van der Waals surface area contributed by atoms with Crippen molar-refractivity contribution in [3.63, 3.8) is 0 Å². The van der Waals surface area contributed by atoms with Crippen LogP contribution >= 0.6 is 15.9 Å². The fourth-order valence-corrected chi connectivity index (χ4v) is 2.85. The standard InChI is InChI=1S/C24H23BrN2O3/c1-2-14-29-22-12-8-20(9-13-22)24(28)27-26-16-19-4-3-5-23(15-19)30-17-18-6-10-21(25)11-7-18/h3-13,15-16H,2,14,17H2,1H3,(H,27,28)/b26-16-. The summed E-state index contributed by atoms with van der Waals surface area (Å²) in [5, 5.41) is 4.04. The Bertz CT molecular complexity index is 986. The van der Waals surface area contributed by atoms with Crippen LogP contribution in [0.25, 0.3) is 0 Å². The van der Waals surface area contributed by atoms with Crippen LogP contribution in [0.15, 0.2) is 82.4 Å². The summed E-state index contributed by atoms with van der Waals surface area (Å²) in [4.78, 5) is 12.2. The van der Waals surface area contributed by atoms with Gasteiger partial charge in [-0.1, -0.05) is 47.1 Å². The highest BCUT2D eigenvalue weighted by atomic mass is 79.9. The number of ether oxygens (including phenoxy) is 2. The van der Waals surface area contributed by atoms with Gasteiger partial charge in [-0.2, -0.15) is 5.10 Å². The highest BCUT2D eigenvalue weighted by Gasteiger charge is 2.04. The first-order valence-electron chi connectivity index (χ1n) is 9.67.